The normalized spacial score (nSPS) is 19.0. The van der Waals surface area contributed by atoms with Crippen molar-refractivity contribution in [1.82, 2.24) is 9.88 Å². The van der Waals surface area contributed by atoms with Crippen molar-refractivity contribution in [2.45, 2.75) is 32.1 Å². The number of ketones is 1. The van der Waals surface area contributed by atoms with E-state index in [0.717, 1.165) is 18.8 Å². The van der Waals surface area contributed by atoms with Gasteiger partial charge in [-0.3, -0.25) is 9.69 Å². The molecule has 2 heterocycles. The van der Waals surface area contributed by atoms with Gasteiger partial charge in [0.2, 0.25) is 0 Å². The SMILES string of the molecule is O=C(CN1CCCCCCC1)c1ccc[nH]1. The third-order valence-corrected chi connectivity index (χ3v) is 3.21. The van der Waals surface area contributed by atoms with Crippen molar-refractivity contribution in [1.29, 1.82) is 0 Å². The maximum atomic E-state index is 11.9. The second kappa shape index (κ2) is 5.85. The van der Waals surface area contributed by atoms with Crippen LogP contribution in [-0.4, -0.2) is 35.3 Å². The summed E-state index contributed by atoms with van der Waals surface area (Å²) < 4.78 is 0. The lowest BCUT2D eigenvalue weighted by molar-refractivity contribution is 0.0920. The Morgan fingerprint density at radius 2 is 1.88 bits per heavy atom. The lowest BCUT2D eigenvalue weighted by atomic mass is 10.1. The van der Waals surface area contributed by atoms with E-state index >= 15 is 0 Å². The van der Waals surface area contributed by atoms with E-state index in [1.165, 1.54) is 32.1 Å². The summed E-state index contributed by atoms with van der Waals surface area (Å²) in [6.45, 7) is 2.72. The average molecular weight is 220 g/mol. The van der Waals surface area contributed by atoms with E-state index in [-0.39, 0.29) is 5.78 Å². The molecule has 1 aliphatic heterocycles. The van der Waals surface area contributed by atoms with Crippen LogP contribution in [0.2, 0.25) is 0 Å². The molecule has 1 aromatic rings. The van der Waals surface area contributed by atoms with Crippen molar-refractivity contribution >= 4 is 5.78 Å². The molecule has 2 rings (SSSR count). The van der Waals surface area contributed by atoms with Crippen molar-refractivity contribution < 1.29 is 4.79 Å². The molecule has 1 N–H and O–H groups in total. The van der Waals surface area contributed by atoms with E-state index in [2.05, 4.69) is 9.88 Å². The number of hydrogen-bond acceptors (Lipinski definition) is 2. The number of nitrogens with one attached hydrogen (secondary N) is 1. The highest BCUT2D eigenvalue weighted by atomic mass is 16.1. The van der Waals surface area contributed by atoms with Gasteiger partial charge >= 0.3 is 0 Å². The second-order valence-electron chi connectivity index (χ2n) is 4.55. The number of aromatic amines is 1. The predicted molar refractivity (Wildman–Crippen MR) is 64.6 cm³/mol. The first-order valence-electron chi connectivity index (χ1n) is 6.25. The number of carbonyl (C=O) groups is 1. The summed E-state index contributed by atoms with van der Waals surface area (Å²) in [4.78, 5) is 17.2. The molecule has 0 atom stereocenters. The van der Waals surface area contributed by atoms with Crippen LogP contribution in [0.4, 0.5) is 0 Å². The number of aromatic nitrogens is 1. The maximum absolute atomic E-state index is 11.9. The highest BCUT2D eigenvalue weighted by Gasteiger charge is 2.13. The molecule has 88 valence electrons. The number of carbonyl (C=O) groups excluding carboxylic acids is 1. The number of Topliss-reactive ketones (excluding diaryl/α,β-unsaturated/α-hetero) is 1. The van der Waals surface area contributed by atoms with Crippen LogP contribution >= 0.6 is 0 Å². The van der Waals surface area contributed by atoms with Crippen molar-refractivity contribution in [2.75, 3.05) is 19.6 Å². The first-order valence-corrected chi connectivity index (χ1v) is 6.25. The molecule has 0 amide bonds. The Kier molecular flexibility index (Phi) is 4.17. The Bertz CT molecular complexity index is 311. The van der Waals surface area contributed by atoms with Gasteiger partial charge in [-0.15, -0.1) is 0 Å². The zero-order chi connectivity index (χ0) is 11.2. The molecule has 1 fully saturated rings. The Morgan fingerprint density at radius 1 is 1.19 bits per heavy atom. The second-order valence-corrected chi connectivity index (χ2v) is 4.55. The van der Waals surface area contributed by atoms with Crippen molar-refractivity contribution in [2.24, 2.45) is 0 Å². The molecule has 0 saturated carbocycles. The van der Waals surface area contributed by atoms with Gasteiger partial charge in [0.15, 0.2) is 5.78 Å². The summed E-state index contributed by atoms with van der Waals surface area (Å²) in [7, 11) is 0. The summed E-state index contributed by atoms with van der Waals surface area (Å²) in [6.07, 6.45) is 8.26. The molecule has 0 radical (unpaired) electrons. The molecule has 0 unspecified atom stereocenters. The fourth-order valence-corrected chi connectivity index (χ4v) is 2.26. The van der Waals surface area contributed by atoms with E-state index in [1.54, 1.807) is 6.20 Å². The van der Waals surface area contributed by atoms with Gasteiger partial charge in [-0.25, -0.2) is 0 Å². The third kappa shape index (κ3) is 3.20. The van der Waals surface area contributed by atoms with Gasteiger partial charge < -0.3 is 4.98 Å². The van der Waals surface area contributed by atoms with Crippen LogP contribution in [0.25, 0.3) is 0 Å². The van der Waals surface area contributed by atoms with Crippen molar-refractivity contribution in [3.05, 3.63) is 24.0 Å². The fraction of sp³-hybridized carbons (Fsp3) is 0.615. The van der Waals surface area contributed by atoms with Crippen LogP contribution in [0, 0.1) is 0 Å². The largest absolute Gasteiger partial charge is 0.359 e. The molecule has 3 nitrogen and oxygen atoms in total. The molecule has 0 aliphatic carbocycles. The van der Waals surface area contributed by atoms with E-state index in [0.29, 0.717) is 6.54 Å². The molecule has 3 heteroatoms. The van der Waals surface area contributed by atoms with Crippen molar-refractivity contribution in [3.8, 4) is 0 Å². The smallest absolute Gasteiger partial charge is 0.192 e. The molecular formula is C13H20N2O. The van der Waals surface area contributed by atoms with Crippen LogP contribution in [-0.2, 0) is 0 Å². The number of nitrogens with zero attached hydrogens (tertiary/aromatic N) is 1. The minimum absolute atomic E-state index is 0.213. The van der Waals surface area contributed by atoms with E-state index in [4.69, 9.17) is 0 Å². The van der Waals surface area contributed by atoms with Crippen LogP contribution in [0.1, 0.15) is 42.6 Å². The summed E-state index contributed by atoms with van der Waals surface area (Å²) in [6, 6.07) is 3.73. The van der Waals surface area contributed by atoms with E-state index in [9.17, 15) is 4.79 Å². The van der Waals surface area contributed by atoms with Crippen molar-refractivity contribution in [3.63, 3.8) is 0 Å². The zero-order valence-electron chi connectivity index (χ0n) is 9.74. The van der Waals surface area contributed by atoms with Gasteiger partial charge in [0, 0.05) is 6.20 Å². The average Bonchev–Trinajstić information content (AvgIpc) is 2.74. The highest BCUT2D eigenvalue weighted by molar-refractivity contribution is 5.95. The standard InChI is InChI=1S/C13H20N2O/c16-13(12-7-6-8-14-12)11-15-9-4-2-1-3-5-10-15/h6-8,14H,1-5,9-11H2. The van der Waals surface area contributed by atoms with Crippen LogP contribution in [0.3, 0.4) is 0 Å². The first-order chi connectivity index (χ1) is 7.86. The molecule has 0 spiro atoms. The van der Waals surface area contributed by atoms with Crippen LogP contribution < -0.4 is 0 Å². The van der Waals surface area contributed by atoms with E-state index in [1.807, 2.05) is 12.1 Å². The molecule has 1 aromatic heterocycles. The molecular weight excluding hydrogens is 200 g/mol. The molecule has 16 heavy (non-hydrogen) atoms. The molecule has 0 aromatic carbocycles. The van der Waals surface area contributed by atoms with Gasteiger partial charge in [-0.1, -0.05) is 19.3 Å². The number of rotatable bonds is 3. The highest BCUT2D eigenvalue weighted by Crippen LogP contribution is 2.11. The monoisotopic (exact) mass is 220 g/mol. The quantitative estimate of drug-likeness (QED) is 0.794. The predicted octanol–water partition coefficient (Wildman–Crippen LogP) is 2.46. The van der Waals surface area contributed by atoms with Gasteiger partial charge in [-0.2, -0.15) is 0 Å². The Hall–Kier alpha value is -1.09. The fourth-order valence-electron chi connectivity index (χ4n) is 2.26. The Morgan fingerprint density at radius 3 is 2.50 bits per heavy atom. The summed E-state index contributed by atoms with van der Waals surface area (Å²) in [5.41, 5.74) is 0.738. The molecule has 1 saturated heterocycles. The van der Waals surface area contributed by atoms with Gasteiger partial charge in [0.05, 0.1) is 12.2 Å². The summed E-state index contributed by atoms with van der Waals surface area (Å²) in [5.74, 6) is 0.213. The Labute approximate surface area is 96.8 Å². The number of likely N-dealkylation sites (tertiary alicyclic amines) is 1. The zero-order valence-corrected chi connectivity index (χ0v) is 9.74. The third-order valence-electron chi connectivity index (χ3n) is 3.21. The minimum atomic E-state index is 0.213. The molecule has 1 aliphatic rings. The number of hydrogen-bond donors (Lipinski definition) is 1. The van der Waals surface area contributed by atoms with Crippen LogP contribution in [0.5, 0.6) is 0 Å². The van der Waals surface area contributed by atoms with Gasteiger partial charge in [-0.05, 0) is 38.1 Å². The summed E-state index contributed by atoms with van der Waals surface area (Å²) >= 11 is 0. The Balaban J connectivity index is 1.85. The lowest BCUT2D eigenvalue weighted by Gasteiger charge is -2.23. The molecule has 0 bridgehead atoms. The van der Waals surface area contributed by atoms with Crippen LogP contribution in [0.15, 0.2) is 18.3 Å². The minimum Gasteiger partial charge on any atom is -0.359 e. The summed E-state index contributed by atoms with van der Waals surface area (Å²) in [5, 5.41) is 0. The van der Waals surface area contributed by atoms with Gasteiger partial charge in [0.25, 0.3) is 0 Å². The lowest BCUT2D eigenvalue weighted by Crippen LogP contribution is -2.32. The maximum Gasteiger partial charge on any atom is 0.192 e. The van der Waals surface area contributed by atoms with Gasteiger partial charge in [0.1, 0.15) is 0 Å². The first kappa shape index (κ1) is 11.4. The van der Waals surface area contributed by atoms with E-state index < -0.39 is 0 Å². The topological polar surface area (TPSA) is 36.1 Å². The number of H-pyrrole nitrogens is 1.